The molecule has 2 aliphatic rings. The van der Waals surface area contributed by atoms with E-state index >= 15 is 0 Å². The van der Waals surface area contributed by atoms with Crippen molar-refractivity contribution < 1.29 is 4.79 Å². The molecule has 0 radical (unpaired) electrons. The third-order valence-corrected chi connectivity index (χ3v) is 5.62. The number of nitrogens with zero attached hydrogens (tertiary/aromatic N) is 3. The lowest BCUT2D eigenvalue weighted by Gasteiger charge is -2.34. The van der Waals surface area contributed by atoms with Gasteiger partial charge in [-0.2, -0.15) is 0 Å². The molecule has 7 heteroatoms. The highest BCUT2D eigenvalue weighted by Crippen LogP contribution is 2.31. The molecule has 5 nitrogen and oxygen atoms in total. The molecule has 27 heavy (non-hydrogen) atoms. The smallest absolute Gasteiger partial charge is 0.276 e. The zero-order valence-electron chi connectivity index (χ0n) is 14.9. The molecule has 138 valence electrons. The maximum atomic E-state index is 12.9. The highest BCUT2D eigenvalue weighted by Gasteiger charge is 2.34. The molecule has 0 aliphatic carbocycles. The van der Waals surface area contributed by atoms with Crippen LogP contribution in [0.25, 0.3) is 5.70 Å². The highest BCUT2D eigenvalue weighted by molar-refractivity contribution is 8.13. The van der Waals surface area contributed by atoms with E-state index in [0.29, 0.717) is 15.9 Å². The van der Waals surface area contributed by atoms with Crippen molar-refractivity contribution in [3.8, 4) is 0 Å². The summed E-state index contributed by atoms with van der Waals surface area (Å²) in [4.78, 5) is 17.8. The number of hydrogen-bond acceptors (Lipinski definition) is 5. The molecule has 2 heterocycles. The van der Waals surface area contributed by atoms with Gasteiger partial charge in [0, 0.05) is 16.0 Å². The Morgan fingerprint density at radius 1 is 1.19 bits per heavy atom. The third-order valence-electron chi connectivity index (χ3n) is 4.42. The standard InChI is InChI=1S/C20H19ClN4OS/c1-2-3-12-27-20-23-19(26)17-15-6-4-5-7-16(15)22-18(25(17)24-20)13-8-10-14(21)11-9-13/h4-11,18H,2-3,12H2,1H3,(H,23,24,26)/t18-/m1/s1. The van der Waals surface area contributed by atoms with Crippen molar-refractivity contribution in [2.24, 2.45) is 10.1 Å². The van der Waals surface area contributed by atoms with Gasteiger partial charge in [-0.25, -0.2) is 5.01 Å². The van der Waals surface area contributed by atoms with Crippen LogP contribution in [0, 0.1) is 0 Å². The number of nitrogens with one attached hydrogen (secondary N) is 1. The summed E-state index contributed by atoms with van der Waals surface area (Å²) in [5, 5.41) is 12.2. The lowest BCUT2D eigenvalue weighted by molar-refractivity contribution is -0.116. The molecule has 1 atom stereocenters. The van der Waals surface area contributed by atoms with Crippen LogP contribution in [0.1, 0.15) is 31.5 Å². The Bertz CT molecular complexity index is 1020. The SMILES string of the molecule is CCCCSC1=NN2C(=c3ccccc3=N[C@H]2c2ccc(Cl)cc2)C(=O)N1. The summed E-state index contributed by atoms with van der Waals surface area (Å²) in [6, 6.07) is 15.2. The van der Waals surface area contributed by atoms with Crippen molar-refractivity contribution in [2.75, 3.05) is 5.75 Å². The van der Waals surface area contributed by atoms with Crippen molar-refractivity contribution in [1.29, 1.82) is 0 Å². The number of halogens is 1. The molecule has 2 aromatic rings. The molecule has 4 rings (SSSR count). The number of carbonyl (C=O) groups is 1. The zero-order valence-corrected chi connectivity index (χ0v) is 16.4. The van der Waals surface area contributed by atoms with E-state index in [1.165, 1.54) is 0 Å². The monoisotopic (exact) mass is 398 g/mol. The minimum atomic E-state index is -0.403. The van der Waals surface area contributed by atoms with Crippen LogP contribution in [0.3, 0.4) is 0 Å². The zero-order chi connectivity index (χ0) is 18.8. The van der Waals surface area contributed by atoms with E-state index in [1.54, 1.807) is 16.8 Å². The second-order valence-corrected chi connectivity index (χ2v) is 7.85. The number of fused-ring (bicyclic) bond motifs is 2. The van der Waals surface area contributed by atoms with Crippen molar-refractivity contribution in [1.82, 2.24) is 10.3 Å². The van der Waals surface area contributed by atoms with Crippen LogP contribution >= 0.6 is 23.4 Å². The van der Waals surface area contributed by atoms with Crippen molar-refractivity contribution in [2.45, 2.75) is 25.9 Å². The molecule has 1 amide bonds. The Morgan fingerprint density at radius 3 is 2.74 bits per heavy atom. The van der Waals surface area contributed by atoms with Crippen LogP contribution in [0.15, 0.2) is 58.6 Å². The summed E-state index contributed by atoms with van der Waals surface area (Å²) in [6.07, 6.45) is 1.77. The molecular weight excluding hydrogens is 380 g/mol. The van der Waals surface area contributed by atoms with Crippen LogP contribution in [0.4, 0.5) is 0 Å². The van der Waals surface area contributed by atoms with Crippen molar-refractivity contribution in [3.05, 3.63) is 69.7 Å². The number of amidine groups is 1. The molecule has 0 saturated heterocycles. The Hall–Kier alpha value is -2.31. The number of benzene rings is 2. The summed E-state index contributed by atoms with van der Waals surface area (Å²) in [7, 11) is 0. The van der Waals surface area contributed by atoms with Gasteiger partial charge in [-0.3, -0.25) is 15.1 Å². The maximum Gasteiger partial charge on any atom is 0.276 e. The average molecular weight is 399 g/mol. The fraction of sp³-hybridized carbons (Fsp3) is 0.250. The Kier molecular flexibility index (Phi) is 5.18. The predicted molar refractivity (Wildman–Crippen MR) is 110 cm³/mol. The van der Waals surface area contributed by atoms with Crippen LogP contribution < -0.4 is 15.9 Å². The van der Waals surface area contributed by atoms with E-state index in [1.807, 2.05) is 48.5 Å². The molecule has 2 aromatic carbocycles. The van der Waals surface area contributed by atoms with Gasteiger partial charge >= 0.3 is 0 Å². The van der Waals surface area contributed by atoms with Crippen molar-refractivity contribution >= 4 is 40.1 Å². The van der Waals surface area contributed by atoms with E-state index in [9.17, 15) is 4.79 Å². The molecule has 0 bridgehead atoms. The first-order valence-corrected chi connectivity index (χ1v) is 10.3. The van der Waals surface area contributed by atoms with E-state index in [-0.39, 0.29) is 5.91 Å². The topological polar surface area (TPSA) is 57.1 Å². The number of para-hydroxylation sites is 1. The van der Waals surface area contributed by atoms with E-state index < -0.39 is 6.17 Å². The largest absolute Gasteiger partial charge is 0.298 e. The second kappa shape index (κ2) is 7.74. The average Bonchev–Trinajstić information content (AvgIpc) is 2.68. The van der Waals surface area contributed by atoms with Gasteiger partial charge in [0.2, 0.25) is 0 Å². The second-order valence-electron chi connectivity index (χ2n) is 6.33. The molecule has 0 unspecified atom stereocenters. The highest BCUT2D eigenvalue weighted by atomic mass is 35.5. The van der Waals surface area contributed by atoms with E-state index in [0.717, 1.165) is 34.7 Å². The molecule has 1 N–H and O–H groups in total. The summed E-state index contributed by atoms with van der Waals surface area (Å²) in [5.74, 6) is 0.767. The van der Waals surface area contributed by atoms with Gasteiger partial charge in [0.05, 0.1) is 5.36 Å². The quantitative estimate of drug-likeness (QED) is 0.805. The number of amides is 1. The normalized spacial score (nSPS) is 18.2. The first kappa shape index (κ1) is 18.1. The van der Waals surface area contributed by atoms with Gasteiger partial charge < -0.3 is 0 Å². The van der Waals surface area contributed by atoms with Gasteiger partial charge in [-0.05, 0) is 30.2 Å². The minimum Gasteiger partial charge on any atom is -0.298 e. The van der Waals surface area contributed by atoms with Gasteiger partial charge in [-0.15, -0.1) is 5.10 Å². The van der Waals surface area contributed by atoms with Crippen LogP contribution in [-0.2, 0) is 4.79 Å². The summed E-state index contributed by atoms with van der Waals surface area (Å²) < 4.78 is 0. The Balaban J connectivity index is 1.83. The van der Waals surface area contributed by atoms with Crippen molar-refractivity contribution in [3.63, 3.8) is 0 Å². The number of rotatable bonds is 4. The van der Waals surface area contributed by atoms with Gasteiger partial charge in [-0.1, -0.05) is 67.0 Å². The third kappa shape index (κ3) is 3.59. The predicted octanol–water partition coefficient (Wildman–Crippen LogP) is 3.02. The summed E-state index contributed by atoms with van der Waals surface area (Å²) >= 11 is 7.60. The number of hydrogen-bond donors (Lipinski definition) is 1. The summed E-state index contributed by atoms with van der Waals surface area (Å²) in [5.41, 5.74) is 1.46. The molecule has 0 aromatic heterocycles. The number of thioether (sulfide) groups is 1. The molecule has 0 spiro atoms. The molecule has 2 aliphatic heterocycles. The van der Waals surface area contributed by atoms with Crippen LogP contribution in [-0.4, -0.2) is 21.8 Å². The lowest BCUT2D eigenvalue weighted by Crippen LogP contribution is -2.50. The molecule has 0 saturated carbocycles. The fourth-order valence-electron chi connectivity index (χ4n) is 3.06. The first-order chi connectivity index (χ1) is 13.2. The van der Waals surface area contributed by atoms with Crippen LogP contribution in [0.5, 0.6) is 0 Å². The first-order valence-electron chi connectivity index (χ1n) is 8.92. The molecule has 0 fully saturated rings. The number of hydrazone groups is 1. The van der Waals surface area contributed by atoms with E-state index in [2.05, 4.69) is 12.2 Å². The maximum absolute atomic E-state index is 12.9. The van der Waals surface area contributed by atoms with E-state index in [4.69, 9.17) is 21.7 Å². The van der Waals surface area contributed by atoms with Gasteiger partial charge in [0.25, 0.3) is 5.91 Å². The number of unbranched alkanes of at least 4 members (excludes halogenated alkanes) is 1. The lowest BCUT2D eigenvalue weighted by atomic mass is 10.1. The molecular formula is C20H19ClN4OS. The van der Waals surface area contributed by atoms with Gasteiger partial charge in [0.1, 0.15) is 5.70 Å². The minimum absolute atomic E-state index is 0.148. The van der Waals surface area contributed by atoms with Gasteiger partial charge in [0.15, 0.2) is 11.3 Å². The Labute approximate surface area is 166 Å². The summed E-state index contributed by atoms with van der Waals surface area (Å²) in [6.45, 7) is 2.14. The number of carbonyl (C=O) groups excluding carboxylic acids is 1. The fourth-order valence-corrected chi connectivity index (χ4v) is 4.12. The van der Waals surface area contributed by atoms with Crippen LogP contribution in [0.2, 0.25) is 5.02 Å². The Morgan fingerprint density at radius 2 is 1.96 bits per heavy atom.